The van der Waals surface area contributed by atoms with Gasteiger partial charge in [-0.05, 0) is 42.0 Å². The van der Waals surface area contributed by atoms with E-state index in [1.54, 1.807) is 14.2 Å². The van der Waals surface area contributed by atoms with E-state index in [1.807, 2.05) is 42.5 Å². The second-order valence-electron chi connectivity index (χ2n) is 8.67. The van der Waals surface area contributed by atoms with Gasteiger partial charge in [0.25, 0.3) is 11.6 Å². The van der Waals surface area contributed by atoms with Gasteiger partial charge in [0.2, 0.25) is 0 Å². The highest BCUT2D eigenvalue weighted by Crippen LogP contribution is 2.29. The molecule has 0 aromatic heterocycles. The summed E-state index contributed by atoms with van der Waals surface area (Å²) >= 11 is 6.13. The van der Waals surface area contributed by atoms with Gasteiger partial charge in [0.15, 0.2) is 11.5 Å². The topological polar surface area (TPSA) is 90.7 Å². The average Bonchev–Trinajstić information content (AvgIpc) is 2.90. The molecule has 0 saturated heterocycles. The van der Waals surface area contributed by atoms with E-state index in [1.165, 1.54) is 24.3 Å². The first-order valence-electron chi connectivity index (χ1n) is 11.6. The first-order chi connectivity index (χ1) is 17.3. The third-order valence-electron chi connectivity index (χ3n) is 6.25. The molecule has 9 heteroatoms. The summed E-state index contributed by atoms with van der Waals surface area (Å²) in [5.41, 5.74) is 2.61. The minimum atomic E-state index is -0.487. The first kappa shape index (κ1) is 27.0. The highest BCUT2D eigenvalue weighted by molar-refractivity contribution is 6.30. The summed E-state index contributed by atoms with van der Waals surface area (Å²) in [4.78, 5) is 22.8. The number of nitro benzene ring substituents is 1. The van der Waals surface area contributed by atoms with Crippen molar-refractivity contribution in [3.63, 3.8) is 0 Å². The zero-order valence-corrected chi connectivity index (χ0v) is 21.5. The Labute approximate surface area is 216 Å². The van der Waals surface area contributed by atoms with Crippen LogP contribution in [0.15, 0.2) is 66.7 Å². The van der Waals surface area contributed by atoms with Gasteiger partial charge in [-0.15, -0.1) is 0 Å². The van der Waals surface area contributed by atoms with Crippen LogP contribution in [0.5, 0.6) is 11.5 Å². The molecule has 0 aliphatic rings. The number of benzene rings is 3. The summed E-state index contributed by atoms with van der Waals surface area (Å²) in [6, 6.07) is 19.4. The maximum absolute atomic E-state index is 12.5. The van der Waals surface area contributed by atoms with Crippen LogP contribution in [0.4, 0.5) is 11.4 Å². The second-order valence-corrected chi connectivity index (χ2v) is 9.11. The third-order valence-corrected chi connectivity index (χ3v) is 6.50. The van der Waals surface area contributed by atoms with Gasteiger partial charge < -0.3 is 14.8 Å². The van der Waals surface area contributed by atoms with Crippen LogP contribution in [0.25, 0.3) is 0 Å². The van der Waals surface area contributed by atoms with Gasteiger partial charge in [-0.25, -0.2) is 0 Å². The summed E-state index contributed by atoms with van der Waals surface area (Å²) in [6.45, 7) is 2.09. The molecular formula is C27H31ClN3O5+. The molecule has 1 N–H and O–H groups in total. The lowest BCUT2D eigenvalue weighted by Gasteiger charge is -2.34. The number of amides is 1. The largest absolute Gasteiger partial charge is 0.493 e. The smallest absolute Gasteiger partial charge is 0.269 e. The van der Waals surface area contributed by atoms with E-state index in [2.05, 4.69) is 12.4 Å². The van der Waals surface area contributed by atoms with Crippen LogP contribution < -0.4 is 19.3 Å². The fourth-order valence-corrected chi connectivity index (χ4v) is 4.18. The molecule has 0 aliphatic heterocycles. The molecule has 36 heavy (non-hydrogen) atoms. The molecule has 0 fully saturated rings. The van der Waals surface area contributed by atoms with Gasteiger partial charge in [0, 0.05) is 54.2 Å². The quantitative estimate of drug-likeness (QED) is 0.155. The van der Waals surface area contributed by atoms with Gasteiger partial charge in [-0.3, -0.25) is 19.4 Å². The van der Waals surface area contributed by atoms with Crippen molar-refractivity contribution in [3.05, 3.63) is 93.0 Å². The Kier molecular flexibility index (Phi) is 9.27. The number of carbonyl (C=O) groups is 1. The number of hydrogen-bond acceptors (Lipinski definition) is 5. The highest BCUT2D eigenvalue weighted by Gasteiger charge is 2.25. The highest BCUT2D eigenvalue weighted by atomic mass is 35.5. The van der Waals surface area contributed by atoms with Crippen LogP contribution >= 0.6 is 11.6 Å². The molecule has 1 unspecified atom stereocenters. The fourth-order valence-electron chi connectivity index (χ4n) is 4.05. The van der Waals surface area contributed by atoms with E-state index in [-0.39, 0.29) is 11.6 Å². The summed E-state index contributed by atoms with van der Waals surface area (Å²) in [5, 5.41) is 14.4. The Morgan fingerprint density at radius 3 is 2.25 bits per heavy atom. The molecule has 1 amide bonds. The number of likely N-dealkylation sites (N-methyl/N-ethyl adjacent to an activating group) is 1. The molecule has 3 aromatic rings. The van der Waals surface area contributed by atoms with Crippen molar-refractivity contribution >= 4 is 28.9 Å². The summed E-state index contributed by atoms with van der Waals surface area (Å²) < 4.78 is 11.4. The number of ether oxygens (including phenoxy) is 2. The predicted molar refractivity (Wildman–Crippen MR) is 142 cm³/mol. The molecular weight excluding hydrogens is 482 g/mol. The SMILES string of the molecule is COc1ccc(CC[N+](C)(CCCNC(=O)c2ccc([N+](=O)[O-])cc2)c2ccc(Cl)cc2)cc1OC. The van der Waals surface area contributed by atoms with E-state index in [9.17, 15) is 14.9 Å². The molecule has 3 rings (SSSR count). The minimum Gasteiger partial charge on any atom is -0.493 e. The number of quaternary nitrogens is 1. The van der Waals surface area contributed by atoms with Crippen molar-refractivity contribution in [2.24, 2.45) is 0 Å². The first-order valence-corrected chi connectivity index (χ1v) is 12.0. The van der Waals surface area contributed by atoms with Crippen LogP contribution in [0.2, 0.25) is 5.02 Å². The molecule has 0 aliphatic carbocycles. The Balaban J connectivity index is 1.65. The lowest BCUT2D eigenvalue weighted by atomic mass is 10.1. The van der Waals surface area contributed by atoms with Crippen LogP contribution in [0.3, 0.4) is 0 Å². The number of hydrogen-bond donors (Lipinski definition) is 1. The number of rotatable bonds is 12. The molecule has 190 valence electrons. The molecule has 0 heterocycles. The third kappa shape index (κ3) is 6.96. The van der Waals surface area contributed by atoms with E-state index in [4.69, 9.17) is 21.1 Å². The monoisotopic (exact) mass is 512 g/mol. The van der Waals surface area contributed by atoms with Gasteiger partial charge >= 0.3 is 0 Å². The van der Waals surface area contributed by atoms with Gasteiger partial charge in [-0.2, -0.15) is 0 Å². The number of nitrogens with one attached hydrogen (secondary N) is 1. The van der Waals surface area contributed by atoms with E-state index in [0.717, 1.165) is 37.2 Å². The van der Waals surface area contributed by atoms with Crippen molar-refractivity contribution in [2.75, 3.05) is 40.9 Å². The number of nitrogens with zero attached hydrogens (tertiary/aromatic N) is 2. The molecule has 8 nitrogen and oxygen atoms in total. The maximum Gasteiger partial charge on any atom is 0.269 e. The number of nitro groups is 1. The number of halogens is 1. The van der Waals surface area contributed by atoms with E-state index in [0.29, 0.717) is 33.1 Å². The second kappa shape index (κ2) is 12.4. The normalized spacial score (nSPS) is 12.4. The molecule has 1 atom stereocenters. The Bertz CT molecular complexity index is 1190. The van der Waals surface area contributed by atoms with Crippen LogP contribution in [-0.2, 0) is 6.42 Å². The van der Waals surface area contributed by atoms with Crippen LogP contribution in [-0.4, -0.2) is 51.7 Å². The molecule has 0 bridgehead atoms. The lowest BCUT2D eigenvalue weighted by molar-refractivity contribution is -0.384. The lowest BCUT2D eigenvalue weighted by Crippen LogP contribution is -2.48. The number of carbonyl (C=O) groups excluding carboxylic acids is 1. The summed E-state index contributed by atoms with van der Waals surface area (Å²) in [6.07, 6.45) is 1.55. The molecule has 0 radical (unpaired) electrons. The fraction of sp³-hybridized carbons (Fsp3) is 0.296. The number of non-ortho nitro benzene ring substituents is 1. The predicted octanol–water partition coefficient (Wildman–Crippen LogP) is 5.27. The van der Waals surface area contributed by atoms with Crippen molar-refractivity contribution in [2.45, 2.75) is 12.8 Å². The number of methoxy groups -OCH3 is 2. The van der Waals surface area contributed by atoms with Crippen molar-refractivity contribution in [1.29, 1.82) is 0 Å². The maximum atomic E-state index is 12.5. The summed E-state index contributed by atoms with van der Waals surface area (Å²) in [5.74, 6) is 1.14. The van der Waals surface area contributed by atoms with Crippen LogP contribution in [0.1, 0.15) is 22.3 Å². The Hall–Kier alpha value is -3.62. The molecule has 0 spiro atoms. The van der Waals surface area contributed by atoms with E-state index < -0.39 is 4.92 Å². The van der Waals surface area contributed by atoms with Gasteiger partial charge in [0.05, 0.1) is 39.3 Å². The van der Waals surface area contributed by atoms with Gasteiger partial charge in [-0.1, -0.05) is 17.7 Å². The average molecular weight is 513 g/mol. The zero-order chi connectivity index (χ0) is 26.1. The standard InChI is InChI=1S/C27H30ClN3O5/c1-31(24-12-8-22(28)9-13-24,18-15-20-5-14-25(35-2)26(19-20)36-3)17-4-16-29-27(32)21-6-10-23(11-7-21)30(33)34/h5-14,19H,4,15-18H2,1-3H3/p+1. The van der Waals surface area contributed by atoms with Crippen molar-refractivity contribution in [1.82, 2.24) is 9.80 Å². The zero-order valence-electron chi connectivity index (χ0n) is 20.7. The molecule has 3 aromatic carbocycles. The van der Waals surface area contributed by atoms with Crippen LogP contribution in [0, 0.1) is 10.1 Å². The van der Waals surface area contributed by atoms with Gasteiger partial charge in [0.1, 0.15) is 5.69 Å². The molecule has 0 saturated carbocycles. The van der Waals surface area contributed by atoms with Crippen molar-refractivity contribution in [3.8, 4) is 11.5 Å². The van der Waals surface area contributed by atoms with Crippen molar-refractivity contribution < 1.29 is 19.2 Å². The Morgan fingerprint density at radius 1 is 0.972 bits per heavy atom. The minimum absolute atomic E-state index is 0.0444. The summed E-state index contributed by atoms with van der Waals surface area (Å²) in [7, 11) is 5.41. The van der Waals surface area contributed by atoms with E-state index >= 15 is 0 Å². The Morgan fingerprint density at radius 2 is 1.64 bits per heavy atom.